The fourth-order valence-corrected chi connectivity index (χ4v) is 2.23. The van der Waals surface area contributed by atoms with Gasteiger partial charge in [-0.05, 0) is 45.4 Å². The predicted octanol–water partition coefficient (Wildman–Crippen LogP) is 4.53. The lowest BCUT2D eigenvalue weighted by Crippen LogP contribution is -2.32. The van der Waals surface area contributed by atoms with Gasteiger partial charge in [-0.15, -0.1) is 0 Å². The topological polar surface area (TPSA) is 8.81 Å². The fourth-order valence-electron chi connectivity index (χ4n) is 2.23. The zero-order chi connectivity index (χ0) is 14.5. The quantitative estimate of drug-likeness (QED) is 0.528. The molecule has 0 bridgehead atoms. The number of hydrogen-bond donors (Lipinski definition) is 0. The first-order valence-electron chi connectivity index (χ1n) is 7.76. The van der Waals surface area contributed by atoms with E-state index in [1.165, 1.54) is 32.1 Å². The summed E-state index contributed by atoms with van der Waals surface area (Å²) in [5.74, 6) is 0. The van der Waals surface area contributed by atoms with Gasteiger partial charge in [-0.1, -0.05) is 33.6 Å². The highest BCUT2D eigenvalue weighted by atomic mass is 15.1. The average Bonchev–Trinajstić information content (AvgIpc) is 2.69. The molecule has 0 spiro atoms. The Morgan fingerprint density at radius 2 is 1.53 bits per heavy atom. The SMILES string of the molecule is CC(C)(C)CCCCCC[n+]1ccn(C(C)(C)C)c1. The summed E-state index contributed by atoms with van der Waals surface area (Å²) >= 11 is 0. The lowest BCUT2D eigenvalue weighted by molar-refractivity contribution is -0.697. The molecule has 0 radical (unpaired) electrons. The van der Waals surface area contributed by atoms with Crippen LogP contribution in [-0.2, 0) is 12.1 Å². The van der Waals surface area contributed by atoms with Crippen molar-refractivity contribution in [3.05, 3.63) is 18.7 Å². The second-order valence-electron chi connectivity index (χ2n) is 7.95. The molecule has 0 atom stereocenters. The minimum Gasteiger partial charge on any atom is -0.237 e. The van der Waals surface area contributed by atoms with Gasteiger partial charge in [0.1, 0.15) is 17.9 Å². The van der Waals surface area contributed by atoms with Gasteiger partial charge in [-0.3, -0.25) is 0 Å². The maximum atomic E-state index is 2.33. The van der Waals surface area contributed by atoms with E-state index >= 15 is 0 Å². The molecule has 0 aliphatic rings. The van der Waals surface area contributed by atoms with Crippen LogP contribution in [0.25, 0.3) is 0 Å². The molecule has 0 aliphatic carbocycles. The van der Waals surface area contributed by atoms with Crippen LogP contribution in [0.2, 0.25) is 0 Å². The molecule has 0 saturated heterocycles. The standard InChI is InChI=1S/C17H33N2/c1-16(2,3)11-9-7-8-10-12-18-13-14-19(15-18)17(4,5)6/h13-15H,7-12H2,1-6H3/q+1. The van der Waals surface area contributed by atoms with Crippen molar-refractivity contribution in [1.82, 2.24) is 4.57 Å². The Hall–Kier alpha value is -0.790. The Kier molecular flexibility index (Phi) is 5.64. The Balaban J connectivity index is 2.18. The Labute approximate surface area is 119 Å². The highest BCUT2D eigenvalue weighted by molar-refractivity contribution is 4.78. The minimum atomic E-state index is 0.192. The van der Waals surface area contributed by atoms with Gasteiger partial charge in [0.25, 0.3) is 0 Å². The Morgan fingerprint density at radius 3 is 2.05 bits per heavy atom. The molecule has 0 fully saturated rings. The van der Waals surface area contributed by atoms with Gasteiger partial charge >= 0.3 is 0 Å². The molecule has 1 aromatic rings. The van der Waals surface area contributed by atoms with Crippen molar-refractivity contribution in [3.8, 4) is 0 Å². The van der Waals surface area contributed by atoms with Crippen molar-refractivity contribution >= 4 is 0 Å². The molecular weight excluding hydrogens is 232 g/mol. The summed E-state index contributed by atoms with van der Waals surface area (Å²) in [7, 11) is 0. The van der Waals surface area contributed by atoms with E-state index in [0.717, 1.165) is 6.54 Å². The van der Waals surface area contributed by atoms with Gasteiger partial charge in [0.15, 0.2) is 0 Å². The van der Waals surface area contributed by atoms with Crippen LogP contribution in [0.5, 0.6) is 0 Å². The Bertz CT molecular complexity index is 363. The smallest absolute Gasteiger partial charge is 0.237 e. The molecule has 0 amide bonds. The molecule has 0 aliphatic heterocycles. The number of aryl methyl sites for hydroxylation is 1. The maximum Gasteiger partial charge on any atom is 0.244 e. The molecule has 2 nitrogen and oxygen atoms in total. The summed E-state index contributed by atoms with van der Waals surface area (Å²) in [5, 5.41) is 0. The molecule has 0 saturated carbocycles. The first-order valence-corrected chi connectivity index (χ1v) is 7.76. The van der Waals surface area contributed by atoms with Crippen molar-refractivity contribution < 1.29 is 4.57 Å². The van der Waals surface area contributed by atoms with Gasteiger partial charge in [0, 0.05) is 0 Å². The van der Waals surface area contributed by atoms with Crippen LogP contribution >= 0.6 is 0 Å². The molecule has 1 aromatic heterocycles. The van der Waals surface area contributed by atoms with Gasteiger partial charge in [0.05, 0.1) is 6.54 Å². The van der Waals surface area contributed by atoms with Crippen LogP contribution in [0, 0.1) is 5.41 Å². The van der Waals surface area contributed by atoms with E-state index in [9.17, 15) is 0 Å². The van der Waals surface area contributed by atoms with Crippen molar-refractivity contribution in [1.29, 1.82) is 0 Å². The molecule has 2 heteroatoms. The predicted molar refractivity (Wildman–Crippen MR) is 82.2 cm³/mol. The third-order valence-corrected chi connectivity index (χ3v) is 3.56. The van der Waals surface area contributed by atoms with Crippen molar-refractivity contribution in [3.63, 3.8) is 0 Å². The fraction of sp³-hybridized carbons (Fsp3) is 0.824. The monoisotopic (exact) mass is 265 g/mol. The van der Waals surface area contributed by atoms with Gasteiger partial charge < -0.3 is 0 Å². The highest BCUT2D eigenvalue weighted by Crippen LogP contribution is 2.22. The number of imidazole rings is 1. The van der Waals surface area contributed by atoms with Crippen molar-refractivity contribution in [2.75, 3.05) is 0 Å². The largest absolute Gasteiger partial charge is 0.244 e. The van der Waals surface area contributed by atoms with E-state index in [2.05, 4.69) is 69.4 Å². The van der Waals surface area contributed by atoms with Crippen LogP contribution in [0.15, 0.2) is 18.7 Å². The van der Waals surface area contributed by atoms with Gasteiger partial charge in [-0.2, -0.15) is 0 Å². The summed E-state index contributed by atoms with van der Waals surface area (Å²) in [6, 6.07) is 0. The van der Waals surface area contributed by atoms with Crippen LogP contribution in [0.4, 0.5) is 0 Å². The first-order chi connectivity index (χ1) is 8.68. The summed E-state index contributed by atoms with van der Waals surface area (Å²) in [6.45, 7) is 14.9. The van der Waals surface area contributed by atoms with Crippen LogP contribution in [0.3, 0.4) is 0 Å². The summed E-state index contributed by atoms with van der Waals surface area (Å²) in [5.41, 5.74) is 0.691. The lowest BCUT2D eigenvalue weighted by atomic mass is 9.89. The van der Waals surface area contributed by atoms with Gasteiger partial charge in [0.2, 0.25) is 6.33 Å². The molecule has 0 aromatic carbocycles. The summed E-state index contributed by atoms with van der Waals surface area (Å²) in [6.07, 6.45) is 13.3. The van der Waals surface area contributed by atoms with Crippen LogP contribution in [-0.4, -0.2) is 4.57 Å². The summed E-state index contributed by atoms with van der Waals surface area (Å²) in [4.78, 5) is 0. The van der Waals surface area contributed by atoms with E-state index in [4.69, 9.17) is 0 Å². The molecule has 110 valence electrons. The van der Waals surface area contributed by atoms with Crippen molar-refractivity contribution in [2.24, 2.45) is 5.41 Å². The summed E-state index contributed by atoms with van der Waals surface area (Å²) < 4.78 is 4.60. The van der Waals surface area contributed by atoms with E-state index in [1.54, 1.807) is 0 Å². The normalized spacial score (nSPS) is 12.9. The first kappa shape index (κ1) is 16.3. The molecule has 1 rings (SSSR count). The second kappa shape index (κ2) is 6.58. The molecular formula is C17H33N2+. The molecule has 1 heterocycles. The number of aromatic nitrogens is 2. The Morgan fingerprint density at radius 1 is 0.895 bits per heavy atom. The molecule has 19 heavy (non-hydrogen) atoms. The molecule has 0 unspecified atom stereocenters. The highest BCUT2D eigenvalue weighted by Gasteiger charge is 2.18. The second-order valence-corrected chi connectivity index (χ2v) is 7.95. The van der Waals surface area contributed by atoms with E-state index in [-0.39, 0.29) is 5.54 Å². The van der Waals surface area contributed by atoms with Crippen LogP contribution < -0.4 is 4.57 Å². The lowest BCUT2D eigenvalue weighted by Gasteiger charge is -2.17. The van der Waals surface area contributed by atoms with Gasteiger partial charge in [-0.25, -0.2) is 9.13 Å². The van der Waals surface area contributed by atoms with E-state index in [0.29, 0.717) is 5.41 Å². The van der Waals surface area contributed by atoms with Crippen LogP contribution in [0.1, 0.15) is 73.6 Å². The maximum absolute atomic E-state index is 2.33. The number of nitrogens with zero attached hydrogens (tertiary/aromatic N) is 2. The van der Waals surface area contributed by atoms with E-state index < -0.39 is 0 Å². The third-order valence-electron chi connectivity index (χ3n) is 3.56. The third kappa shape index (κ3) is 6.79. The number of rotatable bonds is 6. The number of unbranched alkanes of at least 4 members (excludes halogenated alkanes) is 3. The van der Waals surface area contributed by atoms with E-state index in [1.807, 2.05) is 0 Å². The van der Waals surface area contributed by atoms with Crippen molar-refractivity contribution in [2.45, 2.75) is 85.7 Å². The zero-order valence-electron chi connectivity index (χ0n) is 13.9. The molecule has 0 N–H and O–H groups in total. The average molecular weight is 265 g/mol. The number of hydrogen-bond acceptors (Lipinski definition) is 0. The zero-order valence-corrected chi connectivity index (χ0v) is 13.9. The minimum absolute atomic E-state index is 0.192.